The molecule has 1 aliphatic carbocycles. The van der Waals surface area contributed by atoms with Crippen LogP contribution in [0.1, 0.15) is 51.0 Å². The Morgan fingerprint density at radius 1 is 1.29 bits per heavy atom. The third-order valence-electron chi connectivity index (χ3n) is 4.07. The van der Waals surface area contributed by atoms with Gasteiger partial charge in [0.2, 0.25) is 0 Å². The van der Waals surface area contributed by atoms with Crippen LogP contribution in [-0.4, -0.2) is 17.8 Å². The number of rotatable bonds is 4. The van der Waals surface area contributed by atoms with Crippen LogP contribution < -0.4 is 4.74 Å². The van der Waals surface area contributed by atoms with Crippen molar-refractivity contribution in [2.24, 2.45) is 5.92 Å². The molecule has 1 aliphatic rings. The van der Waals surface area contributed by atoms with Gasteiger partial charge in [0.15, 0.2) is 0 Å². The van der Waals surface area contributed by atoms with E-state index in [9.17, 15) is 4.39 Å². The predicted molar refractivity (Wildman–Crippen MR) is 81.6 cm³/mol. The zero-order valence-electron chi connectivity index (χ0n) is 12.6. The molecule has 0 amide bonds. The van der Waals surface area contributed by atoms with Crippen molar-refractivity contribution in [2.75, 3.05) is 6.61 Å². The summed E-state index contributed by atoms with van der Waals surface area (Å²) < 4.78 is 19.4. The highest BCUT2D eigenvalue weighted by atomic mass is 19.1. The van der Waals surface area contributed by atoms with Gasteiger partial charge in [0, 0.05) is 12.5 Å². The van der Waals surface area contributed by atoms with Crippen molar-refractivity contribution in [3.8, 4) is 17.6 Å². The first-order valence-corrected chi connectivity index (χ1v) is 7.78. The SMILES string of the molecule is CCC1CCC(Oc2cc(F)ccc2C#CCCO)CC1. The van der Waals surface area contributed by atoms with Crippen molar-refractivity contribution in [2.45, 2.75) is 51.6 Å². The number of aliphatic hydroxyl groups excluding tert-OH is 1. The Hall–Kier alpha value is -1.53. The van der Waals surface area contributed by atoms with E-state index in [0.717, 1.165) is 18.8 Å². The van der Waals surface area contributed by atoms with Crippen LogP contribution in [0.4, 0.5) is 4.39 Å². The average Bonchev–Trinajstić information content (AvgIpc) is 2.50. The quantitative estimate of drug-likeness (QED) is 0.852. The van der Waals surface area contributed by atoms with Crippen molar-refractivity contribution in [1.29, 1.82) is 0 Å². The first kappa shape index (κ1) is 15.9. The van der Waals surface area contributed by atoms with Gasteiger partial charge in [-0.3, -0.25) is 0 Å². The van der Waals surface area contributed by atoms with Crippen LogP contribution in [0.5, 0.6) is 5.75 Å². The lowest BCUT2D eigenvalue weighted by atomic mass is 9.86. The molecule has 3 heteroatoms. The second-order valence-corrected chi connectivity index (χ2v) is 5.58. The molecule has 2 nitrogen and oxygen atoms in total. The minimum atomic E-state index is -0.306. The summed E-state index contributed by atoms with van der Waals surface area (Å²) in [4.78, 5) is 0. The Kier molecular flexibility index (Phi) is 6.07. The maximum Gasteiger partial charge on any atom is 0.138 e. The van der Waals surface area contributed by atoms with Gasteiger partial charge in [0.05, 0.1) is 18.3 Å². The summed E-state index contributed by atoms with van der Waals surface area (Å²) in [6.45, 7) is 2.26. The van der Waals surface area contributed by atoms with Gasteiger partial charge in [-0.15, -0.1) is 0 Å². The average molecular weight is 290 g/mol. The minimum absolute atomic E-state index is 0.0332. The molecule has 0 spiro atoms. The van der Waals surface area contributed by atoms with Gasteiger partial charge in [0.25, 0.3) is 0 Å². The third kappa shape index (κ3) is 4.75. The van der Waals surface area contributed by atoms with Crippen LogP contribution in [0.25, 0.3) is 0 Å². The molecular weight excluding hydrogens is 267 g/mol. The van der Waals surface area contributed by atoms with Crippen molar-refractivity contribution in [3.63, 3.8) is 0 Å². The first-order chi connectivity index (χ1) is 10.2. The van der Waals surface area contributed by atoms with Crippen molar-refractivity contribution < 1.29 is 14.2 Å². The molecule has 0 unspecified atom stereocenters. The number of halogens is 1. The number of hydrogen-bond donors (Lipinski definition) is 1. The second-order valence-electron chi connectivity index (χ2n) is 5.58. The van der Waals surface area contributed by atoms with Gasteiger partial charge >= 0.3 is 0 Å². The van der Waals surface area contributed by atoms with Crippen molar-refractivity contribution in [3.05, 3.63) is 29.6 Å². The Labute approximate surface area is 126 Å². The van der Waals surface area contributed by atoms with Gasteiger partial charge in [-0.05, 0) is 43.7 Å². The lowest BCUT2D eigenvalue weighted by molar-refractivity contribution is 0.129. The van der Waals surface area contributed by atoms with Gasteiger partial charge < -0.3 is 9.84 Å². The van der Waals surface area contributed by atoms with Crippen LogP contribution in [0, 0.1) is 23.6 Å². The van der Waals surface area contributed by atoms with E-state index in [4.69, 9.17) is 9.84 Å². The van der Waals surface area contributed by atoms with Crippen LogP contribution in [-0.2, 0) is 0 Å². The molecule has 0 saturated heterocycles. The summed E-state index contributed by atoms with van der Waals surface area (Å²) in [7, 11) is 0. The monoisotopic (exact) mass is 290 g/mol. The Bertz CT molecular complexity index is 508. The fourth-order valence-electron chi connectivity index (χ4n) is 2.75. The normalized spacial score (nSPS) is 21.5. The van der Waals surface area contributed by atoms with E-state index in [0.29, 0.717) is 17.7 Å². The zero-order valence-corrected chi connectivity index (χ0v) is 12.6. The van der Waals surface area contributed by atoms with E-state index in [1.54, 1.807) is 6.07 Å². The topological polar surface area (TPSA) is 29.5 Å². The Balaban J connectivity index is 2.05. The highest BCUT2D eigenvalue weighted by molar-refractivity contribution is 5.46. The summed E-state index contributed by atoms with van der Waals surface area (Å²) >= 11 is 0. The number of hydrogen-bond acceptors (Lipinski definition) is 2. The fourth-order valence-corrected chi connectivity index (χ4v) is 2.75. The highest BCUT2D eigenvalue weighted by Crippen LogP contribution is 2.30. The van der Waals surface area contributed by atoms with E-state index in [1.165, 1.54) is 31.4 Å². The summed E-state index contributed by atoms with van der Waals surface area (Å²) in [6, 6.07) is 4.45. The first-order valence-electron chi connectivity index (χ1n) is 7.78. The number of benzene rings is 1. The summed E-state index contributed by atoms with van der Waals surface area (Å²) in [5.74, 6) is 6.84. The van der Waals surface area contributed by atoms with E-state index >= 15 is 0 Å². The lowest BCUT2D eigenvalue weighted by Crippen LogP contribution is -2.24. The molecule has 0 aromatic heterocycles. The molecule has 0 radical (unpaired) electrons. The largest absolute Gasteiger partial charge is 0.489 e. The molecule has 1 aromatic rings. The number of aliphatic hydroxyl groups is 1. The molecule has 1 fully saturated rings. The maximum absolute atomic E-state index is 13.4. The smallest absolute Gasteiger partial charge is 0.138 e. The van der Waals surface area contributed by atoms with Gasteiger partial charge in [0.1, 0.15) is 11.6 Å². The maximum atomic E-state index is 13.4. The van der Waals surface area contributed by atoms with Gasteiger partial charge in [-0.25, -0.2) is 4.39 Å². The second kappa shape index (κ2) is 8.05. The third-order valence-corrected chi connectivity index (χ3v) is 4.07. The van der Waals surface area contributed by atoms with Crippen molar-refractivity contribution >= 4 is 0 Å². The van der Waals surface area contributed by atoms with E-state index in [-0.39, 0.29) is 18.5 Å². The summed E-state index contributed by atoms with van der Waals surface area (Å²) in [5.41, 5.74) is 0.697. The molecule has 1 saturated carbocycles. The van der Waals surface area contributed by atoms with Crippen LogP contribution in [0.2, 0.25) is 0 Å². The van der Waals surface area contributed by atoms with Gasteiger partial charge in [-0.2, -0.15) is 0 Å². The van der Waals surface area contributed by atoms with Gasteiger partial charge in [-0.1, -0.05) is 25.2 Å². The van der Waals surface area contributed by atoms with Crippen molar-refractivity contribution in [1.82, 2.24) is 0 Å². The molecule has 21 heavy (non-hydrogen) atoms. The molecule has 1 N–H and O–H groups in total. The number of ether oxygens (including phenoxy) is 1. The lowest BCUT2D eigenvalue weighted by Gasteiger charge is -2.28. The summed E-state index contributed by atoms with van der Waals surface area (Å²) in [5, 5.41) is 8.77. The Morgan fingerprint density at radius 3 is 2.71 bits per heavy atom. The van der Waals surface area contributed by atoms with Crippen LogP contribution >= 0.6 is 0 Å². The fraction of sp³-hybridized carbons (Fsp3) is 0.556. The highest BCUT2D eigenvalue weighted by Gasteiger charge is 2.22. The molecule has 114 valence electrons. The van der Waals surface area contributed by atoms with Crippen LogP contribution in [0.3, 0.4) is 0 Å². The molecule has 0 aliphatic heterocycles. The van der Waals surface area contributed by atoms with E-state index in [1.807, 2.05) is 0 Å². The zero-order chi connectivity index (χ0) is 15.1. The predicted octanol–water partition coefficient (Wildman–Crippen LogP) is 3.91. The Morgan fingerprint density at radius 2 is 2.05 bits per heavy atom. The molecule has 1 aromatic carbocycles. The molecule has 0 atom stereocenters. The standard InChI is InChI=1S/C18H23FO2/c1-2-14-6-10-17(11-7-14)21-18-13-16(19)9-8-15(18)5-3-4-12-20/h8-9,13-14,17,20H,2,4,6-7,10-12H2,1H3. The van der Waals surface area contributed by atoms with E-state index in [2.05, 4.69) is 18.8 Å². The molecule has 0 heterocycles. The van der Waals surface area contributed by atoms with E-state index < -0.39 is 0 Å². The molecule has 2 rings (SSSR count). The van der Waals surface area contributed by atoms with Crippen LogP contribution in [0.15, 0.2) is 18.2 Å². The molecular formula is C18H23FO2. The summed E-state index contributed by atoms with van der Waals surface area (Å²) in [6.07, 6.45) is 6.22. The minimum Gasteiger partial charge on any atom is -0.489 e. The molecule has 0 bridgehead atoms.